The van der Waals surface area contributed by atoms with Gasteiger partial charge in [0.1, 0.15) is 6.61 Å². The van der Waals surface area contributed by atoms with Crippen LogP contribution < -0.4 is 10.5 Å². The molecule has 0 aliphatic rings. The highest BCUT2D eigenvalue weighted by atomic mass is 79.9. The molecule has 0 saturated carbocycles. The summed E-state index contributed by atoms with van der Waals surface area (Å²) in [4.78, 5) is 0. The third kappa shape index (κ3) is 3.33. The fourth-order valence-electron chi connectivity index (χ4n) is 1.72. The van der Waals surface area contributed by atoms with Crippen molar-refractivity contribution in [1.82, 2.24) is 0 Å². The van der Waals surface area contributed by atoms with E-state index in [9.17, 15) is 4.39 Å². The van der Waals surface area contributed by atoms with Gasteiger partial charge in [0, 0.05) is 16.6 Å². The van der Waals surface area contributed by atoms with E-state index in [0.29, 0.717) is 18.7 Å². The number of ether oxygens (including phenoxy) is 1. The molecule has 0 saturated heterocycles. The van der Waals surface area contributed by atoms with Crippen molar-refractivity contribution < 1.29 is 9.13 Å². The molecule has 0 spiro atoms. The van der Waals surface area contributed by atoms with Gasteiger partial charge < -0.3 is 10.5 Å². The third-order valence-electron chi connectivity index (χ3n) is 2.89. The standard InChI is InChI=1S/C15H15BrFNO/c1-10-3-2-4-14(15(10)17)19-9-12-6-5-11(8-18)7-13(12)16/h2-7H,8-9,18H2,1H3. The van der Waals surface area contributed by atoms with Crippen molar-refractivity contribution in [3.05, 3.63) is 63.4 Å². The summed E-state index contributed by atoms with van der Waals surface area (Å²) >= 11 is 3.47. The van der Waals surface area contributed by atoms with Gasteiger partial charge in [-0.3, -0.25) is 0 Å². The molecule has 19 heavy (non-hydrogen) atoms. The zero-order valence-electron chi connectivity index (χ0n) is 10.6. The SMILES string of the molecule is Cc1cccc(OCc2ccc(CN)cc2Br)c1F. The van der Waals surface area contributed by atoms with Crippen molar-refractivity contribution in [2.45, 2.75) is 20.1 Å². The van der Waals surface area contributed by atoms with Crippen LogP contribution in [0.1, 0.15) is 16.7 Å². The Hall–Kier alpha value is -1.39. The van der Waals surface area contributed by atoms with Crippen LogP contribution in [-0.2, 0) is 13.2 Å². The van der Waals surface area contributed by atoms with E-state index in [4.69, 9.17) is 10.5 Å². The van der Waals surface area contributed by atoms with Gasteiger partial charge in [-0.25, -0.2) is 4.39 Å². The van der Waals surface area contributed by atoms with Gasteiger partial charge >= 0.3 is 0 Å². The number of benzene rings is 2. The lowest BCUT2D eigenvalue weighted by molar-refractivity contribution is 0.289. The fourth-order valence-corrected chi connectivity index (χ4v) is 2.26. The molecule has 0 aliphatic carbocycles. The summed E-state index contributed by atoms with van der Waals surface area (Å²) in [6, 6.07) is 10.9. The molecule has 0 atom stereocenters. The monoisotopic (exact) mass is 323 g/mol. The summed E-state index contributed by atoms with van der Waals surface area (Å²) in [5.74, 6) is -0.0352. The second kappa shape index (κ2) is 6.17. The zero-order chi connectivity index (χ0) is 13.8. The normalized spacial score (nSPS) is 10.5. The number of aryl methyl sites for hydroxylation is 1. The molecule has 0 bridgehead atoms. The molecule has 4 heteroatoms. The minimum atomic E-state index is -0.308. The Morgan fingerprint density at radius 3 is 2.74 bits per heavy atom. The molecule has 0 aromatic heterocycles. The average Bonchev–Trinajstić information content (AvgIpc) is 2.41. The van der Waals surface area contributed by atoms with Crippen LogP contribution in [0.5, 0.6) is 5.75 Å². The van der Waals surface area contributed by atoms with E-state index in [-0.39, 0.29) is 11.6 Å². The fraction of sp³-hybridized carbons (Fsp3) is 0.200. The Kier molecular flexibility index (Phi) is 4.56. The smallest absolute Gasteiger partial charge is 0.167 e. The maximum atomic E-state index is 13.8. The van der Waals surface area contributed by atoms with E-state index < -0.39 is 0 Å². The molecule has 2 nitrogen and oxygen atoms in total. The predicted octanol–water partition coefficient (Wildman–Crippen LogP) is 3.93. The lowest BCUT2D eigenvalue weighted by Gasteiger charge is -2.10. The van der Waals surface area contributed by atoms with Crippen molar-refractivity contribution in [1.29, 1.82) is 0 Å². The molecule has 0 unspecified atom stereocenters. The maximum Gasteiger partial charge on any atom is 0.167 e. The molecule has 0 heterocycles. The number of rotatable bonds is 4. The number of halogens is 2. The highest BCUT2D eigenvalue weighted by Crippen LogP contribution is 2.23. The molecule has 2 N–H and O–H groups in total. The summed E-state index contributed by atoms with van der Waals surface area (Å²) in [6.07, 6.45) is 0. The van der Waals surface area contributed by atoms with Crippen LogP contribution in [0.25, 0.3) is 0 Å². The van der Waals surface area contributed by atoms with E-state index in [1.54, 1.807) is 25.1 Å². The van der Waals surface area contributed by atoms with Crippen LogP contribution in [0.3, 0.4) is 0 Å². The summed E-state index contributed by atoms with van der Waals surface area (Å²) in [5.41, 5.74) is 8.14. The highest BCUT2D eigenvalue weighted by Gasteiger charge is 2.07. The molecule has 0 amide bonds. The van der Waals surface area contributed by atoms with Gasteiger partial charge in [-0.05, 0) is 30.2 Å². The molecule has 2 rings (SSSR count). The number of nitrogens with two attached hydrogens (primary N) is 1. The van der Waals surface area contributed by atoms with Crippen molar-refractivity contribution >= 4 is 15.9 Å². The van der Waals surface area contributed by atoms with Gasteiger partial charge in [0.25, 0.3) is 0 Å². The van der Waals surface area contributed by atoms with E-state index in [1.165, 1.54) is 0 Å². The van der Waals surface area contributed by atoms with Gasteiger partial charge in [-0.1, -0.05) is 40.2 Å². The van der Waals surface area contributed by atoms with Gasteiger partial charge in [-0.2, -0.15) is 0 Å². The zero-order valence-corrected chi connectivity index (χ0v) is 12.2. The topological polar surface area (TPSA) is 35.2 Å². The second-order valence-corrected chi connectivity index (χ2v) is 5.16. The van der Waals surface area contributed by atoms with Crippen LogP contribution in [-0.4, -0.2) is 0 Å². The molecule has 0 radical (unpaired) electrons. The van der Waals surface area contributed by atoms with Crippen LogP contribution in [0, 0.1) is 12.7 Å². The molecular weight excluding hydrogens is 309 g/mol. The van der Waals surface area contributed by atoms with Gasteiger partial charge in [0.05, 0.1) is 0 Å². The van der Waals surface area contributed by atoms with Crippen LogP contribution >= 0.6 is 15.9 Å². The first-order valence-corrected chi connectivity index (χ1v) is 6.76. The summed E-state index contributed by atoms with van der Waals surface area (Å²) in [5, 5.41) is 0. The van der Waals surface area contributed by atoms with Crippen molar-refractivity contribution in [3.8, 4) is 5.75 Å². The quantitative estimate of drug-likeness (QED) is 0.925. The summed E-state index contributed by atoms with van der Waals surface area (Å²) in [7, 11) is 0. The Labute approximate surface area is 120 Å². The maximum absolute atomic E-state index is 13.8. The highest BCUT2D eigenvalue weighted by molar-refractivity contribution is 9.10. The Balaban J connectivity index is 2.12. The third-order valence-corrected chi connectivity index (χ3v) is 3.63. The Morgan fingerprint density at radius 1 is 1.26 bits per heavy atom. The first kappa shape index (κ1) is 14.0. The Morgan fingerprint density at radius 2 is 2.05 bits per heavy atom. The second-order valence-electron chi connectivity index (χ2n) is 4.31. The molecule has 2 aromatic rings. The van der Waals surface area contributed by atoms with Gasteiger partial charge in [0.15, 0.2) is 11.6 Å². The molecule has 0 fully saturated rings. The molecule has 2 aromatic carbocycles. The van der Waals surface area contributed by atoms with E-state index in [0.717, 1.165) is 15.6 Å². The summed E-state index contributed by atoms with van der Waals surface area (Å²) in [6.45, 7) is 2.52. The van der Waals surface area contributed by atoms with Crippen molar-refractivity contribution in [2.24, 2.45) is 5.73 Å². The lowest BCUT2D eigenvalue weighted by Crippen LogP contribution is -2.01. The van der Waals surface area contributed by atoms with E-state index in [2.05, 4.69) is 15.9 Å². The Bertz CT molecular complexity index is 586. The van der Waals surface area contributed by atoms with Crippen molar-refractivity contribution in [2.75, 3.05) is 0 Å². The number of hydrogen-bond donors (Lipinski definition) is 1. The van der Waals surface area contributed by atoms with Gasteiger partial charge in [-0.15, -0.1) is 0 Å². The van der Waals surface area contributed by atoms with E-state index >= 15 is 0 Å². The largest absolute Gasteiger partial charge is 0.486 e. The van der Waals surface area contributed by atoms with Crippen LogP contribution in [0.15, 0.2) is 40.9 Å². The first-order chi connectivity index (χ1) is 9.11. The molecule has 0 aliphatic heterocycles. The van der Waals surface area contributed by atoms with E-state index in [1.807, 2.05) is 18.2 Å². The average molecular weight is 324 g/mol. The minimum absolute atomic E-state index is 0.273. The summed E-state index contributed by atoms with van der Waals surface area (Å²) < 4.78 is 20.2. The van der Waals surface area contributed by atoms with Gasteiger partial charge in [0.2, 0.25) is 0 Å². The molecule has 100 valence electrons. The van der Waals surface area contributed by atoms with Crippen LogP contribution in [0.2, 0.25) is 0 Å². The first-order valence-electron chi connectivity index (χ1n) is 5.97. The lowest BCUT2D eigenvalue weighted by atomic mass is 10.1. The van der Waals surface area contributed by atoms with Crippen LogP contribution in [0.4, 0.5) is 4.39 Å². The number of hydrogen-bond acceptors (Lipinski definition) is 2. The van der Waals surface area contributed by atoms with Crippen molar-refractivity contribution in [3.63, 3.8) is 0 Å². The predicted molar refractivity (Wildman–Crippen MR) is 77.5 cm³/mol. The molecular formula is C15H15BrFNO. The minimum Gasteiger partial charge on any atom is -0.486 e.